The average Bonchev–Trinajstić information content (AvgIpc) is 2.47. The van der Waals surface area contributed by atoms with Gasteiger partial charge in [-0.3, -0.25) is 9.78 Å². The highest BCUT2D eigenvalue weighted by Crippen LogP contribution is 2.19. The van der Waals surface area contributed by atoms with Crippen LogP contribution >= 0.6 is 0 Å². The molecule has 1 N–H and O–H groups in total. The van der Waals surface area contributed by atoms with Crippen molar-refractivity contribution in [3.63, 3.8) is 0 Å². The van der Waals surface area contributed by atoms with Gasteiger partial charge in [-0.2, -0.15) is 0 Å². The molecule has 0 fully saturated rings. The van der Waals surface area contributed by atoms with E-state index in [2.05, 4.69) is 15.0 Å². The maximum atomic E-state index is 11.8. The van der Waals surface area contributed by atoms with Crippen LogP contribution in [0.5, 0.6) is 0 Å². The summed E-state index contributed by atoms with van der Waals surface area (Å²) in [5, 5.41) is 0. The van der Waals surface area contributed by atoms with Gasteiger partial charge in [0, 0.05) is 29.6 Å². The molecule has 0 saturated heterocycles. The Morgan fingerprint density at radius 2 is 1.80 bits per heavy atom. The zero-order chi connectivity index (χ0) is 13.9. The lowest BCUT2D eigenvalue weighted by Crippen LogP contribution is -2.08. The van der Waals surface area contributed by atoms with E-state index >= 15 is 0 Å². The monoisotopic (exact) mass is 263 g/mol. The largest absolute Gasteiger partial charge is 0.306 e. The molecule has 3 aromatic rings. The normalized spacial score (nSPS) is 10.4. The zero-order valence-corrected chi connectivity index (χ0v) is 11.0. The summed E-state index contributed by atoms with van der Waals surface area (Å²) in [6, 6.07) is 13.0. The summed E-state index contributed by atoms with van der Waals surface area (Å²) in [7, 11) is 0. The Morgan fingerprint density at radius 3 is 2.55 bits per heavy atom. The number of hydrogen-bond acceptors (Lipinski definition) is 3. The summed E-state index contributed by atoms with van der Waals surface area (Å²) < 4.78 is 0. The predicted molar refractivity (Wildman–Crippen MR) is 78.3 cm³/mol. The first kappa shape index (κ1) is 12.3. The van der Waals surface area contributed by atoms with Crippen LogP contribution in [0.15, 0.2) is 59.7 Å². The molecule has 0 saturated carbocycles. The van der Waals surface area contributed by atoms with Gasteiger partial charge >= 0.3 is 0 Å². The maximum absolute atomic E-state index is 11.8. The topological polar surface area (TPSA) is 58.6 Å². The third-order valence-electron chi connectivity index (χ3n) is 2.96. The minimum atomic E-state index is -0.171. The Bertz CT molecular complexity index is 794. The van der Waals surface area contributed by atoms with Crippen LogP contribution in [-0.4, -0.2) is 15.0 Å². The van der Waals surface area contributed by atoms with Crippen molar-refractivity contribution in [2.75, 3.05) is 0 Å². The van der Waals surface area contributed by atoms with E-state index in [9.17, 15) is 4.79 Å². The van der Waals surface area contributed by atoms with Gasteiger partial charge in [0.2, 0.25) is 0 Å². The summed E-state index contributed by atoms with van der Waals surface area (Å²) in [6.45, 7) is 1.96. The fraction of sp³-hybridized carbons (Fsp3) is 0.0625. The summed E-state index contributed by atoms with van der Waals surface area (Å²) in [4.78, 5) is 23.2. The molecule has 0 aliphatic heterocycles. The fourth-order valence-corrected chi connectivity index (χ4v) is 2.03. The molecule has 0 spiro atoms. The van der Waals surface area contributed by atoms with E-state index < -0.39 is 0 Å². The molecule has 0 radical (unpaired) electrons. The molecule has 0 unspecified atom stereocenters. The second kappa shape index (κ2) is 5.09. The molecule has 0 aliphatic rings. The Balaban J connectivity index is 2.15. The van der Waals surface area contributed by atoms with E-state index in [0.29, 0.717) is 11.5 Å². The van der Waals surface area contributed by atoms with E-state index in [4.69, 9.17) is 0 Å². The van der Waals surface area contributed by atoms with Gasteiger partial charge in [-0.05, 0) is 18.6 Å². The van der Waals surface area contributed by atoms with Crippen molar-refractivity contribution in [1.82, 2.24) is 15.0 Å². The van der Waals surface area contributed by atoms with Gasteiger partial charge < -0.3 is 4.98 Å². The van der Waals surface area contributed by atoms with Crippen molar-refractivity contribution in [2.45, 2.75) is 6.92 Å². The van der Waals surface area contributed by atoms with Crippen LogP contribution < -0.4 is 5.56 Å². The number of hydrogen-bond donors (Lipinski definition) is 1. The number of aromatic nitrogens is 3. The van der Waals surface area contributed by atoms with Gasteiger partial charge in [0.25, 0.3) is 5.56 Å². The number of H-pyrrole nitrogens is 1. The molecule has 0 atom stereocenters. The molecular formula is C16H13N3O. The number of nitrogens with one attached hydrogen (secondary N) is 1. The van der Waals surface area contributed by atoms with E-state index in [1.54, 1.807) is 12.4 Å². The molecule has 3 rings (SSSR count). The van der Waals surface area contributed by atoms with Crippen molar-refractivity contribution >= 4 is 0 Å². The molecule has 2 aromatic heterocycles. The Morgan fingerprint density at radius 1 is 1.00 bits per heavy atom. The Labute approximate surface area is 116 Å². The quantitative estimate of drug-likeness (QED) is 0.773. The van der Waals surface area contributed by atoms with Gasteiger partial charge in [-0.15, -0.1) is 0 Å². The van der Waals surface area contributed by atoms with Crippen molar-refractivity contribution in [2.24, 2.45) is 0 Å². The number of pyridine rings is 1. The van der Waals surface area contributed by atoms with E-state index in [1.807, 2.05) is 43.3 Å². The highest BCUT2D eigenvalue weighted by Gasteiger charge is 2.06. The van der Waals surface area contributed by atoms with Crippen molar-refractivity contribution < 1.29 is 0 Å². The molecule has 20 heavy (non-hydrogen) atoms. The number of benzene rings is 1. The molecule has 1 aromatic carbocycles. The first-order valence-electron chi connectivity index (χ1n) is 6.31. The molecule has 4 heteroatoms. The lowest BCUT2D eigenvalue weighted by atomic mass is 10.1. The number of aromatic amines is 1. The Kier molecular flexibility index (Phi) is 3.13. The second-order valence-corrected chi connectivity index (χ2v) is 4.60. The lowest BCUT2D eigenvalue weighted by Gasteiger charge is -2.05. The SMILES string of the molecule is Cc1cncc(-c2cc(=O)[nH]c(-c3ccccc3)n2)c1. The highest BCUT2D eigenvalue weighted by atomic mass is 16.1. The van der Waals surface area contributed by atoms with Gasteiger partial charge in [0.1, 0.15) is 5.82 Å². The van der Waals surface area contributed by atoms with Crippen LogP contribution in [0.1, 0.15) is 5.56 Å². The average molecular weight is 263 g/mol. The van der Waals surface area contributed by atoms with Gasteiger partial charge in [0.15, 0.2) is 0 Å². The first-order valence-corrected chi connectivity index (χ1v) is 6.31. The molecule has 0 bridgehead atoms. The standard InChI is InChI=1S/C16H13N3O/c1-11-7-13(10-17-9-11)14-8-15(20)19-16(18-14)12-5-3-2-4-6-12/h2-10H,1H3,(H,18,19,20). The zero-order valence-electron chi connectivity index (χ0n) is 11.0. The minimum Gasteiger partial charge on any atom is -0.306 e. The van der Waals surface area contributed by atoms with Gasteiger partial charge in [-0.25, -0.2) is 4.98 Å². The van der Waals surface area contributed by atoms with Crippen LogP contribution in [-0.2, 0) is 0 Å². The molecule has 0 aliphatic carbocycles. The smallest absolute Gasteiger partial charge is 0.251 e. The van der Waals surface area contributed by atoms with E-state index in [1.165, 1.54) is 6.07 Å². The lowest BCUT2D eigenvalue weighted by molar-refractivity contribution is 1.13. The first-order chi connectivity index (χ1) is 9.72. The number of nitrogens with zero attached hydrogens (tertiary/aromatic N) is 2. The third-order valence-corrected chi connectivity index (χ3v) is 2.96. The fourth-order valence-electron chi connectivity index (χ4n) is 2.03. The van der Waals surface area contributed by atoms with Crippen LogP contribution in [0.2, 0.25) is 0 Å². The van der Waals surface area contributed by atoms with E-state index in [-0.39, 0.29) is 5.56 Å². The molecule has 0 amide bonds. The summed E-state index contributed by atoms with van der Waals surface area (Å²) in [5.41, 5.74) is 3.21. The van der Waals surface area contributed by atoms with Crippen molar-refractivity contribution in [3.8, 4) is 22.6 Å². The summed E-state index contributed by atoms with van der Waals surface area (Å²) in [6.07, 6.45) is 3.48. The van der Waals surface area contributed by atoms with Gasteiger partial charge in [-0.1, -0.05) is 30.3 Å². The summed E-state index contributed by atoms with van der Waals surface area (Å²) >= 11 is 0. The molecular weight excluding hydrogens is 250 g/mol. The van der Waals surface area contributed by atoms with Crippen LogP contribution in [0.4, 0.5) is 0 Å². The van der Waals surface area contributed by atoms with Crippen LogP contribution in [0, 0.1) is 6.92 Å². The third kappa shape index (κ3) is 2.49. The maximum Gasteiger partial charge on any atom is 0.251 e. The molecule has 2 heterocycles. The Hall–Kier alpha value is -2.75. The van der Waals surface area contributed by atoms with Crippen molar-refractivity contribution in [3.05, 3.63) is 70.8 Å². The predicted octanol–water partition coefficient (Wildman–Crippen LogP) is 2.81. The summed E-state index contributed by atoms with van der Waals surface area (Å²) in [5.74, 6) is 0.564. The number of aryl methyl sites for hydroxylation is 1. The highest BCUT2D eigenvalue weighted by molar-refractivity contribution is 5.62. The molecule has 4 nitrogen and oxygen atoms in total. The van der Waals surface area contributed by atoms with Crippen molar-refractivity contribution in [1.29, 1.82) is 0 Å². The van der Waals surface area contributed by atoms with Crippen LogP contribution in [0.3, 0.4) is 0 Å². The van der Waals surface area contributed by atoms with E-state index in [0.717, 1.165) is 16.7 Å². The van der Waals surface area contributed by atoms with Gasteiger partial charge in [0.05, 0.1) is 5.69 Å². The minimum absolute atomic E-state index is 0.171. The number of rotatable bonds is 2. The molecule has 98 valence electrons. The van der Waals surface area contributed by atoms with Crippen LogP contribution in [0.25, 0.3) is 22.6 Å². The second-order valence-electron chi connectivity index (χ2n) is 4.60.